The van der Waals surface area contributed by atoms with Crippen LogP contribution in [0.25, 0.3) is 0 Å². The summed E-state index contributed by atoms with van der Waals surface area (Å²) in [5.41, 5.74) is 1.05. The number of hydrogen-bond donors (Lipinski definition) is 1. The van der Waals surface area contributed by atoms with Crippen molar-refractivity contribution >= 4 is 11.8 Å². The molecule has 0 saturated carbocycles. The molecule has 2 aromatic carbocycles. The van der Waals surface area contributed by atoms with E-state index in [0.29, 0.717) is 11.1 Å². The van der Waals surface area contributed by atoms with Gasteiger partial charge in [-0.25, -0.2) is 4.39 Å². The van der Waals surface area contributed by atoms with Gasteiger partial charge in [0.05, 0.1) is 0 Å². The molecule has 0 fully saturated rings. The van der Waals surface area contributed by atoms with Gasteiger partial charge in [0.1, 0.15) is 18.0 Å². The van der Waals surface area contributed by atoms with Crippen LogP contribution in [-0.2, 0) is 9.53 Å². The Morgan fingerprint density at radius 1 is 1.04 bits per heavy atom. The van der Waals surface area contributed by atoms with E-state index in [1.54, 1.807) is 31.3 Å². The molecule has 120 valence electrons. The van der Waals surface area contributed by atoms with Crippen LogP contribution in [0.1, 0.15) is 28.9 Å². The van der Waals surface area contributed by atoms with Gasteiger partial charge in [-0.2, -0.15) is 0 Å². The number of likely N-dealkylation sites (N-methyl/N-ethyl adjacent to an activating group) is 1. The van der Waals surface area contributed by atoms with E-state index in [1.807, 2.05) is 6.07 Å². The second-order valence-electron chi connectivity index (χ2n) is 5.08. The van der Waals surface area contributed by atoms with Crippen molar-refractivity contribution in [2.24, 2.45) is 0 Å². The van der Waals surface area contributed by atoms with Gasteiger partial charge in [0.15, 0.2) is 5.78 Å². The van der Waals surface area contributed by atoms with Gasteiger partial charge >= 0.3 is 5.97 Å². The topological polar surface area (TPSA) is 55.4 Å². The Morgan fingerprint density at radius 3 is 2.17 bits per heavy atom. The number of carbonyl (C=O) groups excluding carboxylic acids is 2. The van der Waals surface area contributed by atoms with E-state index in [-0.39, 0.29) is 5.78 Å². The van der Waals surface area contributed by atoms with Crippen LogP contribution in [0, 0.1) is 5.82 Å². The third kappa shape index (κ3) is 4.23. The summed E-state index contributed by atoms with van der Waals surface area (Å²) in [4.78, 5) is 24.1. The molecular formula is C18H18FNO3. The van der Waals surface area contributed by atoms with E-state index in [0.717, 1.165) is 0 Å². The predicted molar refractivity (Wildman–Crippen MR) is 84.5 cm³/mol. The van der Waals surface area contributed by atoms with E-state index in [9.17, 15) is 14.0 Å². The minimum atomic E-state index is -0.842. The molecule has 0 aliphatic carbocycles. The van der Waals surface area contributed by atoms with Crippen LogP contribution in [0.15, 0.2) is 54.6 Å². The number of nitrogens with one attached hydrogen (secondary N) is 1. The minimum absolute atomic E-state index is 0.205. The van der Waals surface area contributed by atoms with Crippen LogP contribution in [0.3, 0.4) is 0 Å². The molecule has 0 heterocycles. The van der Waals surface area contributed by atoms with Crippen molar-refractivity contribution in [1.29, 1.82) is 0 Å². The van der Waals surface area contributed by atoms with E-state index in [1.165, 1.54) is 31.2 Å². The van der Waals surface area contributed by atoms with Gasteiger partial charge in [-0.15, -0.1) is 0 Å². The molecule has 0 amide bonds. The van der Waals surface area contributed by atoms with Crippen molar-refractivity contribution < 1.29 is 18.7 Å². The van der Waals surface area contributed by atoms with E-state index in [4.69, 9.17) is 4.74 Å². The minimum Gasteiger partial charge on any atom is -0.455 e. The highest BCUT2D eigenvalue weighted by molar-refractivity contribution is 6.00. The molecule has 2 aromatic rings. The average molecular weight is 315 g/mol. The number of Topliss-reactive ketones (excluding diaryl/α,β-unsaturated/α-hetero) is 1. The van der Waals surface area contributed by atoms with Crippen LogP contribution < -0.4 is 5.32 Å². The summed E-state index contributed by atoms with van der Waals surface area (Å²) in [6, 6.07) is 13.5. The zero-order valence-corrected chi connectivity index (χ0v) is 13.0. The standard InChI is InChI=1S/C18H18FNO3/c1-12(21)23-18(14-8-10-15(19)11-9-14)16(20-2)17(22)13-6-4-3-5-7-13/h3-11,16,18,20H,1-2H3/t16-,18+/m1/s1. The Kier molecular flexibility index (Phi) is 5.60. The van der Waals surface area contributed by atoms with Crippen LogP contribution in [0.2, 0.25) is 0 Å². The first-order valence-electron chi connectivity index (χ1n) is 7.22. The molecule has 0 spiro atoms. The Balaban J connectivity index is 2.37. The number of carbonyl (C=O) groups is 2. The zero-order valence-electron chi connectivity index (χ0n) is 13.0. The highest BCUT2D eigenvalue weighted by Gasteiger charge is 2.31. The van der Waals surface area contributed by atoms with Gasteiger partial charge in [0, 0.05) is 12.5 Å². The molecular weight excluding hydrogens is 297 g/mol. The second-order valence-corrected chi connectivity index (χ2v) is 5.08. The SMILES string of the molecule is CN[C@H](C(=O)c1ccccc1)[C@@H](OC(C)=O)c1ccc(F)cc1. The average Bonchev–Trinajstić information content (AvgIpc) is 2.55. The first-order chi connectivity index (χ1) is 11.0. The summed E-state index contributed by atoms with van der Waals surface area (Å²) in [6.07, 6.45) is -0.842. The summed E-state index contributed by atoms with van der Waals surface area (Å²) in [6.45, 7) is 1.27. The third-order valence-corrected chi connectivity index (χ3v) is 3.45. The molecule has 0 radical (unpaired) electrons. The van der Waals surface area contributed by atoms with Crippen molar-refractivity contribution in [3.63, 3.8) is 0 Å². The fourth-order valence-electron chi connectivity index (χ4n) is 2.36. The molecule has 0 aliphatic rings. The van der Waals surface area contributed by atoms with Gasteiger partial charge in [0.25, 0.3) is 0 Å². The van der Waals surface area contributed by atoms with Crippen molar-refractivity contribution in [1.82, 2.24) is 5.32 Å². The Morgan fingerprint density at radius 2 is 1.65 bits per heavy atom. The van der Waals surface area contributed by atoms with Crippen molar-refractivity contribution in [2.45, 2.75) is 19.1 Å². The molecule has 2 atom stereocenters. The molecule has 0 saturated heterocycles. The van der Waals surface area contributed by atoms with Crippen molar-refractivity contribution in [2.75, 3.05) is 7.05 Å². The molecule has 0 bridgehead atoms. The summed E-state index contributed by atoms with van der Waals surface area (Å²) in [5.74, 6) is -1.12. The molecule has 1 N–H and O–H groups in total. The maximum Gasteiger partial charge on any atom is 0.303 e. The molecule has 23 heavy (non-hydrogen) atoms. The van der Waals surface area contributed by atoms with Gasteiger partial charge < -0.3 is 10.1 Å². The molecule has 0 unspecified atom stereocenters. The second kappa shape index (κ2) is 7.65. The Labute approximate surface area is 134 Å². The molecule has 5 heteroatoms. The first kappa shape index (κ1) is 16.8. The summed E-state index contributed by atoms with van der Waals surface area (Å²) in [5, 5.41) is 2.90. The van der Waals surface area contributed by atoms with Gasteiger partial charge in [-0.3, -0.25) is 9.59 Å². The number of esters is 1. The Hall–Kier alpha value is -2.53. The fraction of sp³-hybridized carbons (Fsp3) is 0.222. The van der Waals surface area contributed by atoms with Crippen molar-refractivity contribution in [3.05, 3.63) is 71.5 Å². The number of rotatable bonds is 6. The smallest absolute Gasteiger partial charge is 0.303 e. The van der Waals surface area contributed by atoms with Crippen LogP contribution in [-0.4, -0.2) is 24.8 Å². The maximum absolute atomic E-state index is 13.1. The van der Waals surface area contributed by atoms with Crippen LogP contribution in [0.4, 0.5) is 4.39 Å². The lowest BCUT2D eigenvalue weighted by atomic mass is 9.94. The maximum atomic E-state index is 13.1. The van der Waals surface area contributed by atoms with E-state index >= 15 is 0 Å². The van der Waals surface area contributed by atoms with E-state index in [2.05, 4.69) is 5.32 Å². The van der Waals surface area contributed by atoms with Crippen molar-refractivity contribution in [3.8, 4) is 0 Å². The normalized spacial score (nSPS) is 13.2. The quantitative estimate of drug-likeness (QED) is 0.658. The summed E-state index contributed by atoms with van der Waals surface area (Å²) in [7, 11) is 1.62. The fourth-order valence-corrected chi connectivity index (χ4v) is 2.36. The van der Waals surface area contributed by atoms with Gasteiger partial charge in [0.2, 0.25) is 0 Å². The molecule has 2 rings (SSSR count). The highest BCUT2D eigenvalue weighted by atomic mass is 19.1. The van der Waals surface area contributed by atoms with Gasteiger partial charge in [-0.05, 0) is 24.7 Å². The third-order valence-electron chi connectivity index (χ3n) is 3.45. The first-order valence-corrected chi connectivity index (χ1v) is 7.22. The molecule has 4 nitrogen and oxygen atoms in total. The number of hydrogen-bond acceptors (Lipinski definition) is 4. The number of halogens is 1. The molecule has 0 aliphatic heterocycles. The zero-order chi connectivity index (χ0) is 16.8. The lowest BCUT2D eigenvalue weighted by molar-refractivity contribution is -0.147. The summed E-state index contributed by atoms with van der Waals surface area (Å²) >= 11 is 0. The number of benzene rings is 2. The van der Waals surface area contributed by atoms with Gasteiger partial charge in [-0.1, -0.05) is 42.5 Å². The van der Waals surface area contributed by atoms with Crippen LogP contribution in [0.5, 0.6) is 0 Å². The lowest BCUT2D eigenvalue weighted by Crippen LogP contribution is -2.41. The predicted octanol–water partition coefficient (Wildman–Crippen LogP) is 2.90. The molecule has 0 aromatic heterocycles. The lowest BCUT2D eigenvalue weighted by Gasteiger charge is -2.26. The number of ether oxygens (including phenoxy) is 1. The largest absolute Gasteiger partial charge is 0.455 e. The summed E-state index contributed by atoms with van der Waals surface area (Å²) < 4.78 is 18.5. The highest BCUT2D eigenvalue weighted by Crippen LogP contribution is 2.24. The van der Waals surface area contributed by atoms with E-state index < -0.39 is 23.9 Å². The Bertz CT molecular complexity index is 670. The number of ketones is 1. The monoisotopic (exact) mass is 315 g/mol. The van der Waals surface area contributed by atoms with Crippen LogP contribution >= 0.6 is 0 Å².